The van der Waals surface area contributed by atoms with Crippen molar-refractivity contribution in [3.05, 3.63) is 29.3 Å². The molecule has 0 saturated carbocycles. The highest BCUT2D eigenvalue weighted by atomic mass is 35.5. The highest BCUT2D eigenvalue weighted by Crippen LogP contribution is 2.43. The van der Waals surface area contributed by atoms with Crippen LogP contribution in [-0.4, -0.2) is 81.6 Å². The van der Waals surface area contributed by atoms with Gasteiger partial charge in [0.15, 0.2) is 0 Å². The second-order valence-electron chi connectivity index (χ2n) is 7.62. The van der Waals surface area contributed by atoms with Crippen LogP contribution in [0.3, 0.4) is 0 Å². The molecule has 0 spiro atoms. The average Bonchev–Trinajstić information content (AvgIpc) is 2.63. The van der Waals surface area contributed by atoms with Crippen LogP contribution in [-0.2, 0) is 4.79 Å². The molecule has 8 nitrogen and oxygen atoms in total. The number of piperazine rings is 1. The molecule has 1 amide bonds. The summed E-state index contributed by atoms with van der Waals surface area (Å²) < 4.78 is 5.91. The van der Waals surface area contributed by atoms with E-state index in [1.165, 1.54) is 0 Å². The lowest BCUT2D eigenvalue weighted by Crippen LogP contribution is -2.59. The first-order chi connectivity index (χ1) is 12.8. The number of amides is 1. The fourth-order valence-corrected chi connectivity index (χ4v) is 3.72. The van der Waals surface area contributed by atoms with E-state index in [1.54, 1.807) is 41.8 Å². The molecule has 1 saturated heterocycles. The Hall–Kier alpha value is -1.89. The second-order valence-corrected chi connectivity index (χ2v) is 7.62. The molecule has 0 radical (unpaired) electrons. The van der Waals surface area contributed by atoms with Gasteiger partial charge in [0.05, 0.1) is 36.9 Å². The molecule has 3 atom stereocenters. The van der Waals surface area contributed by atoms with Gasteiger partial charge in [0.2, 0.25) is 5.91 Å². The quantitative estimate of drug-likeness (QED) is 0.640. The highest BCUT2D eigenvalue weighted by molar-refractivity contribution is 5.85. The first kappa shape index (κ1) is 22.4. The summed E-state index contributed by atoms with van der Waals surface area (Å²) in [4.78, 5) is 16.2. The molecule has 1 aromatic rings. The molecule has 1 aromatic carbocycles. The Bertz CT molecular complexity index is 766. The van der Waals surface area contributed by atoms with Crippen molar-refractivity contribution >= 4 is 18.3 Å². The van der Waals surface area contributed by atoms with Gasteiger partial charge < -0.3 is 25.0 Å². The first-order valence-electron chi connectivity index (χ1n) is 8.98. The van der Waals surface area contributed by atoms with Crippen molar-refractivity contribution in [3.63, 3.8) is 0 Å². The molecule has 3 rings (SSSR count). The summed E-state index contributed by atoms with van der Waals surface area (Å²) in [5.74, 6) is 0.377. The molecule has 28 heavy (non-hydrogen) atoms. The number of fused-ring (bicyclic) bond motifs is 1. The minimum absolute atomic E-state index is 0. The van der Waals surface area contributed by atoms with Crippen LogP contribution in [0.2, 0.25) is 0 Å². The fraction of sp³-hybridized carbons (Fsp3) is 0.579. The Morgan fingerprint density at radius 1 is 1.39 bits per heavy atom. The number of hydrogen-bond donors (Lipinski definition) is 3. The van der Waals surface area contributed by atoms with Crippen molar-refractivity contribution in [2.75, 3.05) is 32.8 Å². The van der Waals surface area contributed by atoms with E-state index in [9.17, 15) is 20.3 Å². The lowest BCUT2D eigenvalue weighted by atomic mass is 9.84. The minimum Gasteiger partial charge on any atom is -0.485 e. The van der Waals surface area contributed by atoms with Gasteiger partial charge in [-0.3, -0.25) is 9.69 Å². The molecular formula is C19H26ClN3O5. The van der Waals surface area contributed by atoms with Crippen molar-refractivity contribution in [2.45, 2.75) is 37.7 Å². The van der Waals surface area contributed by atoms with Crippen LogP contribution < -0.4 is 4.74 Å². The molecule has 3 N–H and O–H groups in total. The number of halogens is 1. The SMILES string of the molecule is CC1(C)Oc2ccc(C#N)cc2[C@@H](N2CCN(CC(O)CO)CC2=O)[C@@H]1O.Cl. The molecule has 154 valence electrons. The topological polar surface area (TPSA) is 117 Å². The number of ether oxygens (including phenoxy) is 1. The third-order valence-electron chi connectivity index (χ3n) is 5.19. The summed E-state index contributed by atoms with van der Waals surface area (Å²) in [6, 6.07) is 6.48. The van der Waals surface area contributed by atoms with Crippen molar-refractivity contribution in [1.82, 2.24) is 9.80 Å². The van der Waals surface area contributed by atoms with Crippen LogP contribution in [0.25, 0.3) is 0 Å². The lowest BCUT2D eigenvalue weighted by Gasteiger charge is -2.48. The number of β-amino-alcohol motifs (C(OH)–C–C–N with tert-alkyl or cyclic N) is 1. The maximum absolute atomic E-state index is 12.8. The molecule has 1 unspecified atom stereocenters. The third-order valence-corrected chi connectivity index (χ3v) is 5.19. The van der Waals surface area contributed by atoms with E-state index in [4.69, 9.17) is 9.84 Å². The van der Waals surface area contributed by atoms with Gasteiger partial charge in [-0.05, 0) is 32.0 Å². The largest absolute Gasteiger partial charge is 0.485 e. The molecule has 0 aliphatic carbocycles. The number of nitriles is 1. The summed E-state index contributed by atoms with van der Waals surface area (Å²) in [5.41, 5.74) is 0.167. The Kier molecular flexibility index (Phi) is 6.91. The smallest absolute Gasteiger partial charge is 0.237 e. The number of carbonyl (C=O) groups excluding carboxylic acids is 1. The van der Waals surface area contributed by atoms with Crippen LogP contribution in [0.15, 0.2) is 18.2 Å². The van der Waals surface area contributed by atoms with Crippen molar-refractivity contribution < 1.29 is 24.9 Å². The molecule has 2 aliphatic heterocycles. The van der Waals surface area contributed by atoms with E-state index in [-0.39, 0.29) is 38.0 Å². The van der Waals surface area contributed by atoms with E-state index in [1.807, 2.05) is 0 Å². The molecule has 1 fully saturated rings. The standard InChI is InChI=1S/C19H25N3O5.ClH/c1-19(2)18(26)17(14-7-12(8-20)3-4-15(14)27-19)22-6-5-21(10-16(22)25)9-13(24)11-23;/h3-4,7,13,17-18,23-24,26H,5-6,9-11H2,1-2H3;1H/t13?,17-,18+;/m1./s1. The van der Waals surface area contributed by atoms with Crippen molar-refractivity contribution in [2.24, 2.45) is 0 Å². The van der Waals surface area contributed by atoms with Gasteiger partial charge in [-0.1, -0.05) is 0 Å². The van der Waals surface area contributed by atoms with Gasteiger partial charge in [-0.15, -0.1) is 12.4 Å². The van der Waals surface area contributed by atoms with Crippen molar-refractivity contribution in [1.29, 1.82) is 5.26 Å². The molecular weight excluding hydrogens is 386 g/mol. The number of rotatable bonds is 4. The number of nitrogens with zero attached hydrogens (tertiary/aromatic N) is 3. The zero-order valence-corrected chi connectivity index (χ0v) is 16.7. The van der Waals surface area contributed by atoms with Gasteiger partial charge >= 0.3 is 0 Å². The predicted molar refractivity (Wildman–Crippen MR) is 103 cm³/mol. The van der Waals surface area contributed by atoms with Crippen LogP contribution in [0, 0.1) is 11.3 Å². The van der Waals surface area contributed by atoms with Crippen LogP contribution in [0.1, 0.15) is 31.0 Å². The fourth-order valence-electron chi connectivity index (χ4n) is 3.72. The number of hydrogen-bond acceptors (Lipinski definition) is 7. The Morgan fingerprint density at radius 3 is 2.71 bits per heavy atom. The van der Waals surface area contributed by atoms with Gasteiger partial charge in [0.25, 0.3) is 0 Å². The normalized spacial score (nSPS) is 25.1. The number of benzene rings is 1. The Morgan fingerprint density at radius 2 is 2.11 bits per heavy atom. The maximum atomic E-state index is 12.8. The van der Waals surface area contributed by atoms with Crippen LogP contribution in [0.5, 0.6) is 5.75 Å². The van der Waals surface area contributed by atoms with E-state index >= 15 is 0 Å². The number of aliphatic hydroxyl groups is 3. The zero-order valence-electron chi connectivity index (χ0n) is 15.9. The van der Waals surface area contributed by atoms with E-state index in [0.29, 0.717) is 30.0 Å². The van der Waals surface area contributed by atoms with Crippen LogP contribution >= 0.6 is 12.4 Å². The summed E-state index contributed by atoms with van der Waals surface area (Å²) in [6.07, 6.45) is -1.85. The lowest BCUT2D eigenvalue weighted by molar-refractivity contribution is -0.151. The highest BCUT2D eigenvalue weighted by Gasteiger charge is 2.47. The Balaban J connectivity index is 0.00000280. The average molecular weight is 412 g/mol. The monoisotopic (exact) mass is 411 g/mol. The summed E-state index contributed by atoms with van der Waals surface area (Å²) in [5, 5.41) is 38.8. The third kappa shape index (κ3) is 4.24. The van der Waals surface area contributed by atoms with Crippen molar-refractivity contribution in [3.8, 4) is 11.8 Å². The van der Waals surface area contributed by atoms with E-state index in [0.717, 1.165) is 0 Å². The second kappa shape index (κ2) is 8.64. The maximum Gasteiger partial charge on any atom is 0.237 e. The first-order valence-corrected chi connectivity index (χ1v) is 8.98. The molecule has 9 heteroatoms. The molecule has 2 heterocycles. The van der Waals surface area contributed by atoms with E-state index < -0.39 is 23.9 Å². The van der Waals surface area contributed by atoms with Gasteiger partial charge in [-0.2, -0.15) is 5.26 Å². The van der Waals surface area contributed by atoms with Gasteiger partial charge in [-0.25, -0.2) is 0 Å². The molecule has 0 bridgehead atoms. The number of carbonyl (C=O) groups is 1. The van der Waals surface area contributed by atoms with E-state index in [2.05, 4.69) is 6.07 Å². The van der Waals surface area contributed by atoms with Crippen LogP contribution in [0.4, 0.5) is 0 Å². The van der Waals surface area contributed by atoms with Gasteiger partial charge in [0, 0.05) is 25.2 Å². The minimum atomic E-state index is -0.961. The summed E-state index contributed by atoms with van der Waals surface area (Å²) >= 11 is 0. The summed E-state index contributed by atoms with van der Waals surface area (Å²) in [6.45, 7) is 4.37. The molecule has 2 aliphatic rings. The van der Waals surface area contributed by atoms with Gasteiger partial charge in [0.1, 0.15) is 17.5 Å². The zero-order chi connectivity index (χ0) is 19.8. The predicted octanol–water partition coefficient (Wildman–Crippen LogP) is 0.0505. The summed E-state index contributed by atoms with van der Waals surface area (Å²) in [7, 11) is 0. The molecule has 0 aromatic heterocycles. The Labute approximate surface area is 170 Å². The number of aliphatic hydroxyl groups excluding tert-OH is 3.